The predicted molar refractivity (Wildman–Crippen MR) is 83.4 cm³/mol. The van der Waals surface area contributed by atoms with Crippen molar-refractivity contribution >= 4 is 30.8 Å². The second-order valence-electron chi connectivity index (χ2n) is 5.52. The summed E-state index contributed by atoms with van der Waals surface area (Å²) in [6.07, 6.45) is -0.209. The van der Waals surface area contributed by atoms with E-state index in [2.05, 4.69) is 0 Å². The second-order valence-corrected chi connectivity index (χ2v) is 9.17. The Balaban J connectivity index is 1.95. The summed E-state index contributed by atoms with van der Waals surface area (Å²) in [6.45, 7) is 0.459. The fourth-order valence-electron chi connectivity index (χ4n) is 2.45. The minimum atomic E-state index is -5.99. The van der Waals surface area contributed by atoms with Gasteiger partial charge in [-0.1, -0.05) is 36.4 Å². The molecular formula is C14H12F3NO5S2. The zero-order valence-corrected chi connectivity index (χ0v) is 14.1. The first-order valence-corrected chi connectivity index (χ1v) is 10.1. The Morgan fingerprint density at radius 2 is 1.76 bits per heavy atom. The van der Waals surface area contributed by atoms with Crippen LogP contribution in [-0.4, -0.2) is 29.0 Å². The van der Waals surface area contributed by atoms with Crippen LogP contribution in [0.2, 0.25) is 0 Å². The average Bonchev–Trinajstić information content (AvgIpc) is 3.28. The van der Waals surface area contributed by atoms with Gasteiger partial charge >= 0.3 is 15.5 Å². The Kier molecular flexibility index (Phi) is 4.30. The van der Waals surface area contributed by atoms with Crippen molar-refractivity contribution in [2.45, 2.75) is 17.4 Å². The molecule has 2 aromatic carbocycles. The summed E-state index contributed by atoms with van der Waals surface area (Å²) in [5.74, 6) is -0.910. The minimum Gasteiger partial charge on any atom is -0.368 e. The summed E-state index contributed by atoms with van der Waals surface area (Å²) in [5, 5.41) is 1.52. The SMILES string of the molecule is O=S(=O)(Cc1cc(C2CO2)c2ccccc2c1)NS(=O)(=O)C(F)(F)F. The first-order chi connectivity index (χ1) is 11.5. The van der Waals surface area contributed by atoms with Gasteiger partial charge in [0, 0.05) is 0 Å². The van der Waals surface area contributed by atoms with Gasteiger partial charge in [0.1, 0.15) is 6.10 Å². The highest BCUT2D eigenvalue weighted by Gasteiger charge is 2.48. The highest BCUT2D eigenvalue weighted by atomic mass is 32.3. The fraction of sp³-hybridized carbons (Fsp3) is 0.286. The lowest BCUT2D eigenvalue weighted by Gasteiger charge is -2.12. The summed E-state index contributed by atoms with van der Waals surface area (Å²) in [5.41, 5.74) is -4.84. The van der Waals surface area contributed by atoms with Gasteiger partial charge in [0.05, 0.1) is 12.4 Å². The van der Waals surface area contributed by atoms with Gasteiger partial charge in [0.15, 0.2) is 0 Å². The Morgan fingerprint density at radius 3 is 2.36 bits per heavy atom. The van der Waals surface area contributed by atoms with E-state index in [1.807, 2.05) is 6.07 Å². The third-order valence-electron chi connectivity index (χ3n) is 3.53. The molecule has 0 saturated carbocycles. The highest BCUT2D eigenvalue weighted by molar-refractivity contribution is 8.04. The van der Waals surface area contributed by atoms with Crippen molar-refractivity contribution in [1.82, 2.24) is 4.13 Å². The number of benzene rings is 2. The normalized spacial score (nSPS) is 18.4. The molecule has 0 bridgehead atoms. The Morgan fingerprint density at radius 1 is 1.12 bits per heavy atom. The Labute approximate surface area is 141 Å². The molecule has 1 aliphatic rings. The van der Waals surface area contributed by atoms with Crippen molar-refractivity contribution in [1.29, 1.82) is 0 Å². The van der Waals surface area contributed by atoms with Crippen LogP contribution in [0.25, 0.3) is 10.8 Å². The number of nitrogens with one attached hydrogen (secondary N) is 1. The molecule has 0 aromatic heterocycles. The number of ether oxygens (including phenoxy) is 1. The number of fused-ring (bicyclic) bond motifs is 1. The van der Waals surface area contributed by atoms with Crippen LogP contribution in [0.1, 0.15) is 17.2 Å². The van der Waals surface area contributed by atoms with Crippen LogP contribution in [0.5, 0.6) is 0 Å². The molecule has 1 fully saturated rings. The number of halogens is 3. The lowest BCUT2D eigenvalue weighted by molar-refractivity contribution is -0.0441. The molecule has 0 amide bonds. The molecule has 3 rings (SSSR count). The first-order valence-electron chi connectivity index (χ1n) is 6.94. The second kappa shape index (κ2) is 5.94. The standard InChI is InChI=1S/C14H12F3NO5S2/c15-14(16,17)25(21,22)18-24(19,20)8-9-5-10-3-1-2-4-11(10)12(6-9)13-7-23-13/h1-6,13,18H,7-8H2. The van der Waals surface area contributed by atoms with E-state index in [9.17, 15) is 30.0 Å². The molecule has 2 aromatic rings. The molecule has 1 unspecified atom stereocenters. The molecule has 1 saturated heterocycles. The number of sulfonamides is 2. The van der Waals surface area contributed by atoms with Gasteiger partial charge in [-0.25, -0.2) is 16.8 Å². The summed E-state index contributed by atoms with van der Waals surface area (Å²) >= 11 is 0. The van der Waals surface area contributed by atoms with Gasteiger partial charge in [-0.2, -0.15) is 13.2 Å². The van der Waals surface area contributed by atoms with Crippen molar-refractivity contribution < 1.29 is 34.7 Å². The molecular weight excluding hydrogens is 383 g/mol. The van der Waals surface area contributed by atoms with E-state index in [1.165, 1.54) is 12.1 Å². The highest BCUT2D eigenvalue weighted by Crippen LogP contribution is 2.36. The first kappa shape index (κ1) is 18.1. The molecule has 1 heterocycles. The Hall–Kier alpha value is -1.69. The molecule has 0 aliphatic carbocycles. The van der Waals surface area contributed by atoms with Gasteiger partial charge in [0.2, 0.25) is 10.0 Å². The number of alkyl halides is 3. The lowest BCUT2D eigenvalue weighted by Crippen LogP contribution is -2.40. The van der Waals surface area contributed by atoms with Crippen molar-refractivity contribution in [3.63, 3.8) is 0 Å². The summed E-state index contributed by atoms with van der Waals surface area (Å²) < 4.78 is 88.8. The molecule has 0 radical (unpaired) electrons. The third kappa shape index (κ3) is 3.94. The monoisotopic (exact) mass is 395 g/mol. The molecule has 0 spiro atoms. The topological polar surface area (TPSA) is 92.8 Å². The van der Waals surface area contributed by atoms with Gasteiger partial charge in [-0.3, -0.25) is 0 Å². The maximum Gasteiger partial charge on any atom is 0.512 e. The smallest absolute Gasteiger partial charge is 0.368 e. The molecule has 11 heteroatoms. The summed E-state index contributed by atoms with van der Waals surface area (Å²) in [7, 11) is -10.8. The number of epoxide rings is 1. The zero-order chi connectivity index (χ0) is 18.5. The third-order valence-corrected chi connectivity index (χ3v) is 6.75. The Bertz CT molecular complexity index is 1030. The molecule has 136 valence electrons. The quantitative estimate of drug-likeness (QED) is 0.784. The molecule has 25 heavy (non-hydrogen) atoms. The van der Waals surface area contributed by atoms with E-state index in [1.54, 1.807) is 18.2 Å². The zero-order valence-electron chi connectivity index (χ0n) is 12.4. The van der Waals surface area contributed by atoms with Crippen LogP contribution in [-0.2, 0) is 30.5 Å². The van der Waals surface area contributed by atoms with Crippen LogP contribution < -0.4 is 4.13 Å². The van der Waals surface area contributed by atoms with Crippen LogP contribution >= 0.6 is 0 Å². The average molecular weight is 395 g/mol. The predicted octanol–water partition coefficient (Wildman–Crippen LogP) is 2.18. The number of hydrogen-bond acceptors (Lipinski definition) is 5. The van der Waals surface area contributed by atoms with E-state index in [4.69, 9.17) is 4.74 Å². The van der Waals surface area contributed by atoms with E-state index in [-0.39, 0.29) is 11.7 Å². The largest absolute Gasteiger partial charge is 0.512 e. The van der Waals surface area contributed by atoms with Crippen LogP contribution in [0.15, 0.2) is 36.4 Å². The van der Waals surface area contributed by atoms with Gasteiger partial charge < -0.3 is 4.74 Å². The summed E-state index contributed by atoms with van der Waals surface area (Å²) in [6, 6.07) is 10.0. The fourth-order valence-corrected chi connectivity index (χ4v) is 5.00. The van der Waals surface area contributed by atoms with Gasteiger partial charge in [0.25, 0.3) is 0 Å². The number of rotatable bonds is 5. The van der Waals surface area contributed by atoms with Crippen molar-refractivity contribution in [2.24, 2.45) is 0 Å². The van der Waals surface area contributed by atoms with Crippen molar-refractivity contribution in [3.05, 3.63) is 47.5 Å². The van der Waals surface area contributed by atoms with Gasteiger partial charge in [-0.15, -0.1) is 4.13 Å². The van der Waals surface area contributed by atoms with Gasteiger partial charge in [-0.05, 0) is 21.9 Å². The van der Waals surface area contributed by atoms with Crippen molar-refractivity contribution in [2.75, 3.05) is 6.61 Å². The lowest BCUT2D eigenvalue weighted by atomic mass is 9.99. The van der Waals surface area contributed by atoms with Crippen LogP contribution in [0, 0.1) is 0 Å². The van der Waals surface area contributed by atoms with E-state index in [0.29, 0.717) is 17.6 Å². The maximum absolute atomic E-state index is 12.4. The van der Waals surface area contributed by atoms with Crippen molar-refractivity contribution in [3.8, 4) is 0 Å². The maximum atomic E-state index is 12.4. The molecule has 6 nitrogen and oxygen atoms in total. The number of hydrogen-bond donors (Lipinski definition) is 1. The minimum absolute atomic E-state index is 0.161. The molecule has 1 atom stereocenters. The van der Waals surface area contributed by atoms with E-state index >= 15 is 0 Å². The molecule has 1 aliphatic heterocycles. The summed E-state index contributed by atoms with van der Waals surface area (Å²) in [4.78, 5) is 0. The van der Waals surface area contributed by atoms with Crippen LogP contribution in [0.3, 0.4) is 0 Å². The molecule has 1 N–H and O–H groups in total. The van der Waals surface area contributed by atoms with E-state index in [0.717, 1.165) is 9.51 Å². The van der Waals surface area contributed by atoms with Crippen LogP contribution in [0.4, 0.5) is 13.2 Å². The van der Waals surface area contributed by atoms with E-state index < -0.39 is 31.3 Å².